The summed E-state index contributed by atoms with van der Waals surface area (Å²) in [7, 11) is 0. The monoisotopic (exact) mass is 400 g/mol. The smallest absolute Gasteiger partial charge is 0.278 e. The van der Waals surface area contributed by atoms with Crippen molar-refractivity contribution in [3.8, 4) is 0 Å². The molecule has 0 bridgehead atoms. The van der Waals surface area contributed by atoms with Crippen LogP contribution in [-0.2, 0) is 16.1 Å². The van der Waals surface area contributed by atoms with Crippen LogP contribution in [0, 0.1) is 10.1 Å². The number of rotatable bonds is 6. The zero-order valence-electron chi connectivity index (χ0n) is 15.7. The van der Waals surface area contributed by atoms with Crippen LogP contribution in [0.4, 0.5) is 11.4 Å². The predicted molar refractivity (Wildman–Crippen MR) is 110 cm³/mol. The lowest BCUT2D eigenvalue weighted by Gasteiger charge is -2.15. The second-order valence-corrected chi connectivity index (χ2v) is 6.60. The highest BCUT2D eigenvalue weighted by Gasteiger charge is 2.39. The number of carbonyl (C=O) groups excluding carboxylic acids is 2. The quantitative estimate of drug-likeness (QED) is 0.386. The third-order valence-corrected chi connectivity index (χ3v) is 4.64. The Morgan fingerprint density at radius 2 is 1.67 bits per heavy atom. The number of nitro benzene ring substituents is 1. The van der Waals surface area contributed by atoms with Gasteiger partial charge in [0, 0.05) is 30.2 Å². The van der Waals surface area contributed by atoms with E-state index in [1.165, 1.54) is 24.3 Å². The van der Waals surface area contributed by atoms with E-state index in [4.69, 9.17) is 0 Å². The summed E-state index contributed by atoms with van der Waals surface area (Å²) in [5.41, 5.74) is 1.98. The van der Waals surface area contributed by atoms with E-state index in [0.29, 0.717) is 16.8 Å². The van der Waals surface area contributed by atoms with Crippen molar-refractivity contribution >= 4 is 28.8 Å². The first kappa shape index (κ1) is 19.0. The van der Waals surface area contributed by atoms with Gasteiger partial charge in [-0.25, -0.2) is 0 Å². The third-order valence-electron chi connectivity index (χ3n) is 4.64. The van der Waals surface area contributed by atoms with Crippen LogP contribution in [0.5, 0.6) is 0 Å². The number of hydrogen-bond donors (Lipinski definition) is 1. The average molecular weight is 400 g/mol. The standard InChI is InChI=1S/C22H16N4O4/c27-21-19(16-8-10-18(11-9-16)26(29)30)20(24-17-6-2-1-3-7-17)22(28)25(21)14-15-5-4-12-23-13-15/h1-13,24H,14H2. The lowest BCUT2D eigenvalue weighted by atomic mass is 10.0. The average Bonchev–Trinajstić information content (AvgIpc) is 2.99. The summed E-state index contributed by atoms with van der Waals surface area (Å²) in [5.74, 6) is -0.947. The van der Waals surface area contributed by atoms with Crippen molar-refractivity contribution in [3.63, 3.8) is 0 Å². The van der Waals surface area contributed by atoms with E-state index < -0.39 is 16.7 Å². The molecule has 0 fully saturated rings. The molecule has 2 amide bonds. The first-order valence-electron chi connectivity index (χ1n) is 9.11. The highest BCUT2D eigenvalue weighted by atomic mass is 16.6. The van der Waals surface area contributed by atoms with Gasteiger partial charge in [0.25, 0.3) is 17.5 Å². The van der Waals surface area contributed by atoms with Crippen molar-refractivity contribution in [3.05, 3.63) is 106 Å². The molecule has 0 aliphatic carbocycles. The molecule has 1 aromatic heterocycles. The number of nitro groups is 1. The molecule has 8 nitrogen and oxygen atoms in total. The summed E-state index contributed by atoms with van der Waals surface area (Å²) in [6, 6.07) is 18.1. The van der Waals surface area contributed by atoms with Crippen LogP contribution in [0.3, 0.4) is 0 Å². The molecule has 1 aliphatic rings. The normalized spacial score (nSPS) is 13.7. The number of hydrogen-bond acceptors (Lipinski definition) is 6. The zero-order chi connectivity index (χ0) is 21.1. The summed E-state index contributed by atoms with van der Waals surface area (Å²) in [6.45, 7) is 0.0714. The van der Waals surface area contributed by atoms with Gasteiger partial charge in [-0.3, -0.25) is 29.6 Å². The SMILES string of the molecule is O=C1C(Nc2ccccc2)=C(c2ccc([N+](=O)[O-])cc2)C(=O)N1Cc1cccnc1. The highest BCUT2D eigenvalue weighted by molar-refractivity contribution is 6.36. The molecular weight excluding hydrogens is 384 g/mol. The van der Waals surface area contributed by atoms with Gasteiger partial charge < -0.3 is 5.32 Å². The number of para-hydroxylation sites is 1. The Morgan fingerprint density at radius 3 is 2.30 bits per heavy atom. The summed E-state index contributed by atoms with van der Waals surface area (Å²) in [5, 5.41) is 14.0. The predicted octanol–water partition coefficient (Wildman–Crippen LogP) is 3.38. The van der Waals surface area contributed by atoms with Crippen molar-refractivity contribution in [2.45, 2.75) is 6.54 Å². The molecule has 0 radical (unpaired) electrons. The second kappa shape index (κ2) is 7.96. The van der Waals surface area contributed by atoms with E-state index in [9.17, 15) is 19.7 Å². The van der Waals surface area contributed by atoms with Crippen molar-refractivity contribution in [1.82, 2.24) is 9.88 Å². The fraction of sp³-hybridized carbons (Fsp3) is 0.0455. The Hall–Kier alpha value is -4.33. The Morgan fingerprint density at radius 1 is 0.933 bits per heavy atom. The molecular formula is C22H16N4O4. The summed E-state index contributed by atoms with van der Waals surface area (Å²) in [6.07, 6.45) is 3.20. The van der Waals surface area contributed by atoms with Crippen LogP contribution in [-0.4, -0.2) is 26.6 Å². The van der Waals surface area contributed by atoms with Crippen molar-refractivity contribution < 1.29 is 14.5 Å². The number of anilines is 1. The minimum absolute atomic E-state index is 0.0714. The minimum atomic E-state index is -0.516. The molecule has 0 atom stereocenters. The second-order valence-electron chi connectivity index (χ2n) is 6.60. The topological polar surface area (TPSA) is 105 Å². The van der Waals surface area contributed by atoms with Crippen molar-refractivity contribution in [1.29, 1.82) is 0 Å². The van der Waals surface area contributed by atoms with Crippen molar-refractivity contribution in [2.75, 3.05) is 5.32 Å². The third kappa shape index (κ3) is 3.66. The molecule has 8 heteroatoms. The van der Waals surface area contributed by atoms with Gasteiger partial charge in [-0.2, -0.15) is 0 Å². The Balaban J connectivity index is 1.74. The molecule has 0 saturated carbocycles. The molecule has 0 spiro atoms. The summed E-state index contributed by atoms with van der Waals surface area (Å²) >= 11 is 0. The largest absolute Gasteiger partial charge is 0.350 e. The van der Waals surface area contributed by atoms with Crippen LogP contribution in [0.25, 0.3) is 5.57 Å². The minimum Gasteiger partial charge on any atom is -0.350 e. The molecule has 2 aromatic carbocycles. The number of non-ortho nitro benzene ring substituents is 1. The number of nitrogens with zero attached hydrogens (tertiary/aromatic N) is 3. The van der Waals surface area contributed by atoms with Gasteiger partial charge >= 0.3 is 0 Å². The maximum Gasteiger partial charge on any atom is 0.278 e. The van der Waals surface area contributed by atoms with Gasteiger partial charge in [-0.15, -0.1) is 0 Å². The molecule has 3 aromatic rings. The Bertz CT molecular complexity index is 1140. The van der Waals surface area contributed by atoms with Gasteiger partial charge in [0.2, 0.25) is 0 Å². The fourth-order valence-corrected chi connectivity index (χ4v) is 3.19. The fourth-order valence-electron chi connectivity index (χ4n) is 3.19. The van der Waals surface area contributed by atoms with E-state index in [0.717, 1.165) is 4.90 Å². The van der Waals surface area contributed by atoms with Gasteiger partial charge in [0.05, 0.1) is 17.0 Å². The lowest BCUT2D eigenvalue weighted by Crippen LogP contribution is -2.32. The molecule has 30 heavy (non-hydrogen) atoms. The molecule has 1 N–H and O–H groups in total. The number of benzene rings is 2. The zero-order valence-corrected chi connectivity index (χ0v) is 15.7. The molecule has 0 saturated heterocycles. The first-order chi connectivity index (χ1) is 14.5. The van der Waals surface area contributed by atoms with Crippen molar-refractivity contribution in [2.24, 2.45) is 0 Å². The van der Waals surface area contributed by atoms with E-state index in [-0.39, 0.29) is 23.5 Å². The highest BCUT2D eigenvalue weighted by Crippen LogP contribution is 2.32. The number of pyridine rings is 1. The van der Waals surface area contributed by atoms with Crippen LogP contribution in [0.2, 0.25) is 0 Å². The molecule has 0 unspecified atom stereocenters. The molecule has 2 heterocycles. The maximum absolute atomic E-state index is 13.2. The number of nitrogens with one attached hydrogen (secondary N) is 1. The van der Waals surface area contributed by atoms with Crippen LogP contribution in [0.1, 0.15) is 11.1 Å². The van der Waals surface area contributed by atoms with E-state index in [1.807, 2.05) is 18.2 Å². The summed E-state index contributed by atoms with van der Waals surface area (Å²) < 4.78 is 0. The van der Waals surface area contributed by atoms with Gasteiger partial charge in [0.1, 0.15) is 5.70 Å². The van der Waals surface area contributed by atoms with Gasteiger partial charge in [-0.1, -0.05) is 24.3 Å². The number of amides is 2. The van der Waals surface area contributed by atoms with E-state index >= 15 is 0 Å². The lowest BCUT2D eigenvalue weighted by molar-refractivity contribution is -0.384. The van der Waals surface area contributed by atoms with Gasteiger partial charge in [-0.05, 0) is 41.5 Å². The van der Waals surface area contributed by atoms with Crippen LogP contribution >= 0.6 is 0 Å². The van der Waals surface area contributed by atoms with Gasteiger partial charge in [0.15, 0.2) is 0 Å². The number of imide groups is 1. The van der Waals surface area contributed by atoms with Crippen LogP contribution < -0.4 is 5.32 Å². The van der Waals surface area contributed by atoms with E-state index in [1.54, 1.807) is 36.7 Å². The number of carbonyl (C=O) groups is 2. The molecule has 4 rings (SSSR count). The maximum atomic E-state index is 13.2. The first-order valence-corrected chi connectivity index (χ1v) is 9.11. The number of aromatic nitrogens is 1. The Kier molecular flexibility index (Phi) is 5.04. The molecule has 148 valence electrons. The summed E-state index contributed by atoms with van der Waals surface area (Å²) in [4.78, 5) is 41.9. The van der Waals surface area contributed by atoms with E-state index in [2.05, 4.69) is 10.3 Å². The molecule has 1 aliphatic heterocycles. The van der Waals surface area contributed by atoms with Crippen LogP contribution in [0.15, 0.2) is 84.8 Å². The Labute approximate surface area is 171 Å².